The standard InChI is InChI=1S/C22H25FN4O/c1-2-7-27-8-5-22(23,6-9-27)21(28)12-20-11-18-10-16(19-14-25-26-15-19)3-4-17(18)13-24-20/h3-4,10-11,13-15H,2,5-9,12H2,1H3,(H,25,26). The Kier molecular flexibility index (Phi) is 5.22. The first kappa shape index (κ1) is 18.7. The van der Waals surface area contributed by atoms with E-state index < -0.39 is 5.67 Å². The van der Waals surface area contributed by atoms with Gasteiger partial charge in [0.2, 0.25) is 0 Å². The van der Waals surface area contributed by atoms with E-state index in [9.17, 15) is 4.79 Å². The van der Waals surface area contributed by atoms with Crippen molar-refractivity contribution >= 4 is 16.6 Å². The van der Waals surface area contributed by atoms with Gasteiger partial charge in [-0.05, 0) is 36.0 Å². The zero-order valence-corrected chi connectivity index (χ0v) is 16.1. The van der Waals surface area contributed by atoms with Crippen LogP contribution in [0.1, 0.15) is 31.9 Å². The van der Waals surface area contributed by atoms with Gasteiger partial charge in [0.15, 0.2) is 11.5 Å². The first-order chi connectivity index (χ1) is 13.6. The number of Topliss-reactive ketones (excluding diaryl/α,β-unsaturated/α-hetero) is 1. The monoisotopic (exact) mass is 380 g/mol. The highest BCUT2D eigenvalue weighted by atomic mass is 19.1. The van der Waals surface area contributed by atoms with E-state index in [1.165, 1.54) is 0 Å². The van der Waals surface area contributed by atoms with E-state index in [0.29, 0.717) is 18.8 Å². The van der Waals surface area contributed by atoms with Crippen LogP contribution in [0.4, 0.5) is 4.39 Å². The summed E-state index contributed by atoms with van der Waals surface area (Å²) in [6.07, 6.45) is 7.01. The lowest BCUT2D eigenvalue weighted by Gasteiger charge is -2.35. The number of ketones is 1. The number of alkyl halides is 1. The molecule has 28 heavy (non-hydrogen) atoms. The molecule has 3 heterocycles. The zero-order chi connectivity index (χ0) is 19.6. The zero-order valence-electron chi connectivity index (χ0n) is 16.1. The number of likely N-dealkylation sites (tertiary alicyclic amines) is 1. The maximum atomic E-state index is 15.2. The van der Waals surface area contributed by atoms with E-state index in [0.717, 1.165) is 34.9 Å². The molecule has 6 heteroatoms. The lowest BCUT2D eigenvalue weighted by Crippen LogP contribution is -2.47. The van der Waals surface area contributed by atoms with Gasteiger partial charge in [-0.25, -0.2) is 4.39 Å². The third kappa shape index (κ3) is 3.83. The molecule has 0 saturated carbocycles. The van der Waals surface area contributed by atoms with Crippen LogP contribution in [0.25, 0.3) is 21.9 Å². The van der Waals surface area contributed by atoms with Crippen molar-refractivity contribution in [2.75, 3.05) is 19.6 Å². The molecular formula is C22H25FN4O. The fourth-order valence-corrected chi connectivity index (χ4v) is 3.92. The Balaban J connectivity index is 1.50. The minimum Gasteiger partial charge on any atom is -0.303 e. The van der Waals surface area contributed by atoms with Crippen LogP contribution in [-0.2, 0) is 11.2 Å². The van der Waals surface area contributed by atoms with Crippen molar-refractivity contribution in [1.82, 2.24) is 20.1 Å². The Morgan fingerprint density at radius 2 is 2.00 bits per heavy atom. The average Bonchev–Trinajstić information content (AvgIpc) is 3.24. The molecule has 3 aromatic rings. The lowest BCUT2D eigenvalue weighted by molar-refractivity contribution is -0.133. The van der Waals surface area contributed by atoms with Crippen LogP contribution >= 0.6 is 0 Å². The van der Waals surface area contributed by atoms with Gasteiger partial charge in [-0.3, -0.25) is 14.9 Å². The van der Waals surface area contributed by atoms with Crippen molar-refractivity contribution in [3.8, 4) is 11.1 Å². The molecular weight excluding hydrogens is 355 g/mol. The molecule has 0 aliphatic carbocycles. The largest absolute Gasteiger partial charge is 0.303 e. The molecule has 0 spiro atoms. The molecule has 1 aliphatic heterocycles. The number of nitrogens with zero attached hydrogens (tertiary/aromatic N) is 3. The van der Waals surface area contributed by atoms with Gasteiger partial charge in [0.05, 0.1) is 12.6 Å². The molecule has 1 fully saturated rings. The molecule has 0 radical (unpaired) electrons. The Morgan fingerprint density at radius 3 is 2.71 bits per heavy atom. The van der Waals surface area contributed by atoms with Crippen LogP contribution in [0.3, 0.4) is 0 Å². The number of piperidine rings is 1. The number of carbonyl (C=O) groups excluding carboxylic acids is 1. The fourth-order valence-electron chi connectivity index (χ4n) is 3.92. The molecule has 0 unspecified atom stereocenters. The quantitative estimate of drug-likeness (QED) is 0.703. The molecule has 1 aliphatic rings. The van der Waals surface area contributed by atoms with Crippen LogP contribution in [0.5, 0.6) is 0 Å². The lowest BCUT2D eigenvalue weighted by atomic mass is 9.86. The van der Waals surface area contributed by atoms with E-state index in [2.05, 4.69) is 27.0 Å². The van der Waals surface area contributed by atoms with Gasteiger partial charge < -0.3 is 4.90 Å². The molecule has 146 valence electrons. The molecule has 1 saturated heterocycles. The highest BCUT2D eigenvalue weighted by molar-refractivity contribution is 5.91. The highest BCUT2D eigenvalue weighted by Gasteiger charge is 2.41. The molecule has 0 amide bonds. The summed E-state index contributed by atoms with van der Waals surface area (Å²) in [6.45, 7) is 4.38. The van der Waals surface area contributed by atoms with E-state index in [1.54, 1.807) is 12.4 Å². The van der Waals surface area contributed by atoms with Crippen molar-refractivity contribution in [2.24, 2.45) is 0 Å². The number of aromatic nitrogens is 3. The molecule has 5 nitrogen and oxygen atoms in total. The summed E-state index contributed by atoms with van der Waals surface area (Å²) in [5, 5.41) is 8.78. The third-order valence-electron chi connectivity index (χ3n) is 5.64. The van der Waals surface area contributed by atoms with E-state index in [-0.39, 0.29) is 25.0 Å². The van der Waals surface area contributed by atoms with Crippen LogP contribution < -0.4 is 0 Å². The number of pyridine rings is 1. The van der Waals surface area contributed by atoms with E-state index in [4.69, 9.17) is 0 Å². The molecule has 4 rings (SSSR count). The van der Waals surface area contributed by atoms with Gasteiger partial charge in [-0.2, -0.15) is 5.10 Å². The van der Waals surface area contributed by atoms with Gasteiger partial charge in [0.25, 0.3) is 0 Å². The number of hydrogen-bond donors (Lipinski definition) is 1. The second-order valence-electron chi connectivity index (χ2n) is 7.63. The maximum Gasteiger partial charge on any atom is 0.175 e. The second kappa shape index (κ2) is 7.80. The number of rotatable bonds is 6. The van der Waals surface area contributed by atoms with Crippen molar-refractivity contribution in [1.29, 1.82) is 0 Å². The summed E-state index contributed by atoms with van der Waals surface area (Å²) in [7, 11) is 0. The first-order valence-corrected chi connectivity index (χ1v) is 9.90. The Labute approximate surface area is 164 Å². The minimum absolute atomic E-state index is 0.0379. The number of nitrogens with one attached hydrogen (secondary N) is 1. The van der Waals surface area contributed by atoms with Crippen molar-refractivity contribution in [3.63, 3.8) is 0 Å². The number of benzene rings is 1. The van der Waals surface area contributed by atoms with Gasteiger partial charge in [-0.1, -0.05) is 19.1 Å². The Morgan fingerprint density at radius 1 is 1.18 bits per heavy atom. The summed E-state index contributed by atoms with van der Waals surface area (Å²) in [5.41, 5.74) is 0.933. The topological polar surface area (TPSA) is 61.9 Å². The molecule has 1 N–H and O–H groups in total. The normalized spacial score (nSPS) is 17.1. The number of carbonyl (C=O) groups is 1. The summed E-state index contributed by atoms with van der Waals surface area (Å²) in [4.78, 5) is 19.3. The second-order valence-corrected chi connectivity index (χ2v) is 7.63. The number of halogens is 1. The summed E-state index contributed by atoms with van der Waals surface area (Å²) in [5.74, 6) is -0.346. The predicted octanol–water partition coefficient (Wildman–Crippen LogP) is 3.95. The van der Waals surface area contributed by atoms with Gasteiger partial charge in [0, 0.05) is 55.0 Å². The molecule has 1 aromatic carbocycles. The van der Waals surface area contributed by atoms with Crippen molar-refractivity contribution in [2.45, 2.75) is 38.3 Å². The number of aromatic amines is 1. The van der Waals surface area contributed by atoms with Gasteiger partial charge >= 0.3 is 0 Å². The smallest absolute Gasteiger partial charge is 0.175 e. The van der Waals surface area contributed by atoms with Crippen LogP contribution in [0.2, 0.25) is 0 Å². The first-order valence-electron chi connectivity index (χ1n) is 9.90. The molecule has 2 aromatic heterocycles. The molecule has 0 bridgehead atoms. The number of fused-ring (bicyclic) bond motifs is 1. The SMILES string of the molecule is CCCN1CCC(F)(C(=O)Cc2cc3cc(-c4cn[nH]c4)ccc3cn2)CC1. The fraction of sp³-hybridized carbons (Fsp3) is 0.409. The Bertz CT molecular complexity index is 962. The van der Waals surface area contributed by atoms with E-state index >= 15 is 4.39 Å². The van der Waals surface area contributed by atoms with Gasteiger partial charge in [0.1, 0.15) is 0 Å². The van der Waals surface area contributed by atoms with E-state index in [1.807, 2.05) is 30.5 Å². The Hall–Kier alpha value is -2.60. The van der Waals surface area contributed by atoms with Gasteiger partial charge in [-0.15, -0.1) is 0 Å². The van der Waals surface area contributed by atoms with Crippen LogP contribution in [0, 0.1) is 0 Å². The highest BCUT2D eigenvalue weighted by Crippen LogP contribution is 2.29. The molecule has 0 atom stereocenters. The van der Waals surface area contributed by atoms with Crippen LogP contribution in [-0.4, -0.2) is 51.2 Å². The number of H-pyrrole nitrogens is 1. The minimum atomic E-state index is -1.72. The summed E-state index contributed by atoms with van der Waals surface area (Å²) >= 11 is 0. The van der Waals surface area contributed by atoms with Crippen LogP contribution in [0.15, 0.2) is 42.9 Å². The average molecular weight is 380 g/mol. The maximum absolute atomic E-state index is 15.2. The summed E-state index contributed by atoms with van der Waals surface area (Å²) < 4.78 is 15.2. The number of hydrogen-bond acceptors (Lipinski definition) is 4. The predicted molar refractivity (Wildman–Crippen MR) is 108 cm³/mol. The van der Waals surface area contributed by atoms with Crippen molar-refractivity contribution < 1.29 is 9.18 Å². The third-order valence-corrected chi connectivity index (χ3v) is 5.64. The van der Waals surface area contributed by atoms with Crippen molar-refractivity contribution in [3.05, 3.63) is 48.5 Å². The summed E-state index contributed by atoms with van der Waals surface area (Å²) in [6, 6.07) is 7.95.